The topological polar surface area (TPSA) is 0 Å². The molecule has 2 aromatic rings. The van der Waals surface area contributed by atoms with E-state index in [0.717, 1.165) is 11.1 Å². The molecule has 0 fully saturated rings. The number of hydrogen-bond acceptors (Lipinski definition) is 0. The van der Waals surface area contributed by atoms with Crippen LogP contribution in [0.25, 0.3) is 11.1 Å². The van der Waals surface area contributed by atoms with Gasteiger partial charge in [-0.05, 0) is 58.0 Å². The van der Waals surface area contributed by atoms with Crippen LogP contribution in [0.2, 0.25) is 15.1 Å². The molecular weight excluding hydrogens is 396 g/mol. The summed E-state index contributed by atoms with van der Waals surface area (Å²) in [4.78, 5) is 0. The molecule has 17 heavy (non-hydrogen) atoms. The first kappa shape index (κ1) is 13.4. The summed E-state index contributed by atoms with van der Waals surface area (Å²) in [5.41, 5.74) is 1.65. The lowest BCUT2D eigenvalue weighted by atomic mass is 10.1. The van der Waals surface area contributed by atoms with Gasteiger partial charge in [-0.2, -0.15) is 0 Å². The smallest absolute Gasteiger partial charge is 0.136 e. The van der Waals surface area contributed by atoms with Crippen LogP contribution >= 0.6 is 57.4 Å². The van der Waals surface area contributed by atoms with E-state index in [0.29, 0.717) is 18.6 Å². The molecule has 0 aliphatic carbocycles. The molecule has 5 heteroatoms. The highest BCUT2D eigenvalue weighted by atomic mass is 127. The van der Waals surface area contributed by atoms with E-state index in [1.165, 1.54) is 6.07 Å². The van der Waals surface area contributed by atoms with Crippen molar-refractivity contribution in [3.05, 3.63) is 54.8 Å². The Morgan fingerprint density at radius 1 is 0.882 bits per heavy atom. The van der Waals surface area contributed by atoms with Gasteiger partial charge in [-0.3, -0.25) is 0 Å². The SMILES string of the molecule is Fc1ccc(-c2cc(Cl)c(Cl)c(Cl)c2)cc1I. The van der Waals surface area contributed by atoms with Crippen LogP contribution in [-0.2, 0) is 0 Å². The fraction of sp³-hybridized carbons (Fsp3) is 0. The Labute approximate surface area is 127 Å². The van der Waals surface area contributed by atoms with Gasteiger partial charge in [0.25, 0.3) is 0 Å². The normalized spacial score (nSPS) is 10.6. The summed E-state index contributed by atoms with van der Waals surface area (Å²) < 4.78 is 13.7. The van der Waals surface area contributed by atoms with Crippen LogP contribution in [0, 0.1) is 9.39 Å². The molecule has 0 radical (unpaired) electrons. The first-order valence-corrected chi connectivity index (χ1v) is 6.80. The summed E-state index contributed by atoms with van der Waals surface area (Å²) in [7, 11) is 0. The van der Waals surface area contributed by atoms with Crippen molar-refractivity contribution < 1.29 is 4.39 Å². The summed E-state index contributed by atoms with van der Waals surface area (Å²) in [5, 5.41) is 1.09. The lowest BCUT2D eigenvalue weighted by Crippen LogP contribution is -1.85. The van der Waals surface area contributed by atoms with Crippen molar-refractivity contribution in [3.63, 3.8) is 0 Å². The fourth-order valence-electron chi connectivity index (χ4n) is 1.40. The van der Waals surface area contributed by atoms with Crippen LogP contribution in [0.3, 0.4) is 0 Å². The zero-order chi connectivity index (χ0) is 12.6. The van der Waals surface area contributed by atoms with Gasteiger partial charge in [-0.1, -0.05) is 40.9 Å². The first-order chi connectivity index (χ1) is 7.99. The van der Waals surface area contributed by atoms with Crippen LogP contribution < -0.4 is 0 Å². The van der Waals surface area contributed by atoms with Gasteiger partial charge >= 0.3 is 0 Å². The Balaban J connectivity index is 2.57. The van der Waals surface area contributed by atoms with Gasteiger partial charge in [0, 0.05) is 3.57 Å². The van der Waals surface area contributed by atoms with Gasteiger partial charge < -0.3 is 0 Å². The molecule has 0 amide bonds. The van der Waals surface area contributed by atoms with Crippen LogP contribution in [0.4, 0.5) is 4.39 Å². The highest BCUT2D eigenvalue weighted by Crippen LogP contribution is 2.35. The van der Waals surface area contributed by atoms with Crippen LogP contribution in [0.15, 0.2) is 30.3 Å². The second-order valence-electron chi connectivity index (χ2n) is 3.38. The third kappa shape index (κ3) is 2.87. The zero-order valence-electron chi connectivity index (χ0n) is 8.28. The minimum absolute atomic E-state index is 0.250. The Morgan fingerprint density at radius 3 is 2.00 bits per heavy atom. The molecule has 0 unspecified atom stereocenters. The predicted octanol–water partition coefficient (Wildman–Crippen LogP) is 6.06. The Bertz CT molecular complexity index is 561. The summed E-state index contributed by atoms with van der Waals surface area (Å²) in [6.45, 7) is 0. The van der Waals surface area contributed by atoms with Crippen LogP contribution in [0.5, 0.6) is 0 Å². The average Bonchev–Trinajstić information content (AvgIpc) is 2.29. The van der Waals surface area contributed by atoms with E-state index in [2.05, 4.69) is 0 Å². The lowest BCUT2D eigenvalue weighted by molar-refractivity contribution is 0.620. The van der Waals surface area contributed by atoms with E-state index >= 15 is 0 Å². The lowest BCUT2D eigenvalue weighted by Gasteiger charge is -2.06. The quantitative estimate of drug-likeness (QED) is 0.403. The van der Waals surface area contributed by atoms with Crippen LogP contribution in [0.1, 0.15) is 0 Å². The molecule has 0 bridgehead atoms. The summed E-state index contributed by atoms with van der Waals surface area (Å²) >= 11 is 19.7. The van der Waals surface area contributed by atoms with E-state index < -0.39 is 0 Å². The van der Waals surface area contributed by atoms with Crippen molar-refractivity contribution in [2.24, 2.45) is 0 Å². The minimum atomic E-state index is -0.250. The molecule has 0 aliphatic rings. The van der Waals surface area contributed by atoms with E-state index in [4.69, 9.17) is 34.8 Å². The summed E-state index contributed by atoms with van der Waals surface area (Å²) in [6.07, 6.45) is 0. The summed E-state index contributed by atoms with van der Waals surface area (Å²) in [6, 6.07) is 8.23. The Kier molecular flexibility index (Phi) is 4.18. The van der Waals surface area contributed by atoms with Gasteiger partial charge in [0.1, 0.15) is 5.82 Å². The average molecular weight is 401 g/mol. The molecule has 0 spiro atoms. The third-order valence-electron chi connectivity index (χ3n) is 2.24. The second kappa shape index (κ2) is 5.31. The van der Waals surface area contributed by atoms with E-state index in [1.807, 2.05) is 22.6 Å². The van der Waals surface area contributed by atoms with E-state index in [1.54, 1.807) is 24.3 Å². The van der Waals surface area contributed by atoms with Crippen molar-refractivity contribution in [1.82, 2.24) is 0 Å². The maximum atomic E-state index is 13.2. The molecule has 0 saturated carbocycles. The van der Waals surface area contributed by atoms with Crippen molar-refractivity contribution in [2.75, 3.05) is 0 Å². The molecule has 0 saturated heterocycles. The number of rotatable bonds is 1. The highest BCUT2D eigenvalue weighted by Gasteiger charge is 2.08. The van der Waals surface area contributed by atoms with Crippen molar-refractivity contribution in [1.29, 1.82) is 0 Å². The largest absolute Gasteiger partial charge is 0.206 e. The molecule has 88 valence electrons. The number of benzene rings is 2. The number of hydrogen-bond donors (Lipinski definition) is 0. The van der Waals surface area contributed by atoms with E-state index in [9.17, 15) is 4.39 Å². The van der Waals surface area contributed by atoms with Crippen molar-refractivity contribution in [2.45, 2.75) is 0 Å². The maximum absolute atomic E-state index is 13.2. The Hall–Kier alpha value is -0.0300. The van der Waals surface area contributed by atoms with Crippen LogP contribution in [-0.4, -0.2) is 0 Å². The number of halogens is 5. The van der Waals surface area contributed by atoms with Gasteiger partial charge in [0.05, 0.1) is 15.1 Å². The van der Waals surface area contributed by atoms with E-state index in [-0.39, 0.29) is 5.82 Å². The molecule has 0 heterocycles. The Morgan fingerprint density at radius 2 is 1.47 bits per heavy atom. The zero-order valence-corrected chi connectivity index (χ0v) is 12.7. The standard InChI is InChI=1S/C12H5Cl3FI/c13-8-3-7(4-9(14)12(8)15)6-1-2-10(16)11(17)5-6/h1-5H. The molecule has 0 nitrogen and oxygen atoms in total. The van der Waals surface area contributed by atoms with Gasteiger partial charge in [-0.15, -0.1) is 0 Å². The second-order valence-corrected chi connectivity index (χ2v) is 5.74. The maximum Gasteiger partial charge on any atom is 0.136 e. The summed E-state index contributed by atoms with van der Waals surface area (Å²) in [5.74, 6) is -0.250. The third-order valence-corrected chi connectivity index (χ3v) is 4.26. The van der Waals surface area contributed by atoms with Gasteiger partial charge in [0.2, 0.25) is 0 Å². The van der Waals surface area contributed by atoms with Crippen molar-refractivity contribution >= 4 is 57.4 Å². The fourth-order valence-corrected chi connectivity index (χ4v) is 2.51. The molecule has 2 rings (SSSR count). The predicted molar refractivity (Wildman–Crippen MR) is 79.6 cm³/mol. The molecule has 0 N–H and O–H groups in total. The molecule has 0 aromatic heterocycles. The van der Waals surface area contributed by atoms with Gasteiger partial charge in [0.15, 0.2) is 0 Å². The first-order valence-electron chi connectivity index (χ1n) is 4.59. The molecule has 0 aliphatic heterocycles. The minimum Gasteiger partial charge on any atom is -0.206 e. The van der Waals surface area contributed by atoms with Crippen molar-refractivity contribution in [3.8, 4) is 11.1 Å². The molecular formula is C12H5Cl3FI. The molecule has 0 atom stereocenters. The monoisotopic (exact) mass is 400 g/mol. The van der Waals surface area contributed by atoms with Gasteiger partial charge in [-0.25, -0.2) is 4.39 Å². The highest BCUT2D eigenvalue weighted by molar-refractivity contribution is 14.1. The molecule has 2 aromatic carbocycles.